The number of rotatable bonds is 1. The number of aliphatic hydroxyl groups is 1. The summed E-state index contributed by atoms with van der Waals surface area (Å²) in [4.78, 5) is 11.5. The molecule has 0 amide bonds. The van der Waals surface area contributed by atoms with Gasteiger partial charge in [0.1, 0.15) is 12.4 Å². The number of aldehydes is 1. The highest BCUT2D eigenvalue weighted by atomic mass is 16.5. The van der Waals surface area contributed by atoms with Crippen molar-refractivity contribution in [2.75, 3.05) is 0 Å². The van der Waals surface area contributed by atoms with E-state index in [1.165, 1.54) is 38.5 Å². The van der Waals surface area contributed by atoms with Crippen LogP contribution in [0.5, 0.6) is 0 Å². The van der Waals surface area contributed by atoms with E-state index in [0.29, 0.717) is 40.1 Å². The van der Waals surface area contributed by atoms with Gasteiger partial charge in [0.05, 0.1) is 12.2 Å². The van der Waals surface area contributed by atoms with Gasteiger partial charge in [-0.3, -0.25) is 0 Å². The van der Waals surface area contributed by atoms with Crippen LogP contribution >= 0.6 is 0 Å². The number of carbonyl (C=O) groups is 1. The van der Waals surface area contributed by atoms with Crippen molar-refractivity contribution >= 4 is 6.29 Å². The maximum absolute atomic E-state index is 11.5. The lowest BCUT2D eigenvalue weighted by Crippen LogP contribution is -2.54. The molecule has 0 aromatic rings. The average molecular weight is 415 g/mol. The van der Waals surface area contributed by atoms with Gasteiger partial charge in [0, 0.05) is 0 Å². The molecule has 1 saturated heterocycles. The van der Waals surface area contributed by atoms with Gasteiger partial charge in [-0.15, -0.1) is 0 Å². The van der Waals surface area contributed by atoms with Crippen molar-refractivity contribution in [2.24, 2.45) is 57.2 Å². The minimum atomic E-state index is -0.179. The third kappa shape index (κ3) is 2.01. The zero-order valence-electron chi connectivity index (χ0n) is 19.7. The van der Waals surface area contributed by atoms with Crippen LogP contribution in [0.1, 0.15) is 86.0 Å². The SMILES string of the molecule is CC1CC(C=O)OC2CC3C4CCC5C(C)(C)C(O)CCC56C(C)C46CCC3(C)C12. The minimum absolute atomic E-state index is 0.0558. The molecule has 0 bridgehead atoms. The monoisotopic (exact) mass is 414 g/mol. The average Bonchev–Trinajstić information content (AvgIpc) is 3.07. The third-order valence-corrected chi connectivity index (χ3v) is 12.7. The van der Waals surface area contributed by atoms with Gasteiger partial charge in [0.25, 0.3) is 0 Å². The molecule has 30 heavy (non-hydrogen) atoms. The number of hydrogen-bond donors (Lipinski definition) is 1. The van der Waals surface area contributed by atoms with Gasteiger partial charge in [-0.1, -0.05) is 34.6 Å². The first-order valence-electron chi connectivity index (χ1n) is 12.9. The van der Waals surface area contributed by atoms with Crippen molar-refractivity contribution < 1.29 is 14.6 Å². The first-order chi connectivity index (χ1) is 14.1. The summed E-state index contributed by atoms with van der Waals surface area (Å²) in [6, 6.07) is 0. The summed E-state index contributed by atoms with van der Waals surface area (Å²) in [7, 11) is 0. The maximum atomic E-state index is 11.5. The molecular formula is C27H42O3. The highest BCUT2D eigenvalue weighted by Crippen LogP contribution is 2.89. The quantitative estimate of drug-likeness (QED) is 0.597. The Kier molecular flexibility index (Phi) is 3.99. The van der Waals surface area contributed by atoms with Crippen molar-refractivity contribution in [1.29, 1.82) is 0 Å². The fourth-order valence-corrected chi connectivity index (χ4v) is 11.7. The van der Waals surface area contributed by atoms with Gasteiger partial charge in [-0.25, -0.2) is 0 Å². The number of aliphatic hydroxyl groups excluding tert-OH is 1. The molecule has 12 unspecified atom stereocenters. The van der Waals surface area contributed by atoms with Crippen molar-refractivity contribution in [1.82, 2.24) is 0 Å². The largest absolute Gasteiger partial charge is 0.393 e. The topological polar surface area (TPSA) is 46.5 Å². The highest BCUT2D eigenvalue weighted by molar-refractivity contribution is 5.56. The van der Waals surface area contributed by atoms with E-state index in [1.807, 2.05) is 0 Å². The maximum Gasteiger partial charge on any atom is 0.148 e. The Labute approximate surface area is 182 Å². The Morgan fingerprint density at radius 3 is 2.43 bits per heavy atom. The summed E-state index contributed by atoms with van der Waals surface area (Å²) in [5, 5.41) is 10.9. The number of carbonyl (C=O) groups excluding carboxylic acids is 1. The molecule has 5 aliphatic carbocycles. The standard InChI is InChI=1S/C27H42O3/c1-15-12-17(14-28)30-20-13-19-18-6-7-21-24(3,4)22(29)8-9-27(21)16(2)26(18,27)11-10-25(19,5)23(15)20/h14-23,29H,6-13H2,1-5H3. The molecule has 1 heterocycles. The molecule has 6 rings (SSSR count). The first-order valence-corrected chi connectivity index (χ1v) is 12.9. The van der Waals surface area contributed by atoms with E-state index in [-0.39, 0.29) is 17.6 Å². The molecule has 0 aromatic carbocycles. The van der Waals surface area contributed by atoms with Crippen LogP contribution in [0.3, 0.4) is 0 Å². The predicted octanol–water partition coefficient (Wildman–Crippen LogP) is 5.24. The molecule has 168 valence electrons. The number of fused-ring (bicyclic) bond motifs is 4. The molecule has 6 aliphatic rings. The van der Waals surface area contributed by atoms with Crippen molar-refractivity contribution in [3.63, 3.8) is 0 Å². The second-order valence-electron chi connectivity index (χ2n) is 13.4. The van der Waals surface area contributed by atoms with Crippen LogP contribution in [0.2, 0.25) is 0 Å². The Hall–Kier alpha value is -0.410. The molecule has 5 saturated carbocycles. The highest BCUT2D eigenvalue weighted by Gasteiger charge is 2.84. The molecule has 2 spiro atoms. The van der Waals surface area contributed by atoms with Gasteiger partial charge >= 0.3 is 0 Å². The molecule has 3 nitrogen and oxygen atoms in total. The molecular weight excluding hydrogens is 372 g/mol. The molecule has 6 fully saturated rings. The van der Waals surface area contributed by atoms with Crippen LogP contribution in [-0.2, 0) is 9.53 Å². The fraction of sp³-hybridized carbons (Fsp3) is 0.963. The van der Waals surface area contributed by atoms with Crippen molar-refractivity contribution in [2.45, 2.75) is 104 Å². The smallest absolute Gasteiger partial charge is 0.148 e. The number of ether oxygens (including phenoxy) is 1. The molecule has 3 heteroatoms. The summed E-state index contributed by atoms with van der Waals surface area (Å²) in [6.07, 6.45) is 10.8. The molecule has 0 aromatic heterocycles. The second kappa shape index (κ2) is 5.93. The van der Waals surface area contributed by atoms with E-state index in [0.717, 1.165) is 36.9 Å². The predicted molar refractivity (Wildman–Crippen MR) is 117 cm³/mol. The van der Waals surface area contributed by atoms with E-state index >= 15 is 0 Å². The Morgan fingerprint density at radius 1 is 0.933 bits per heavy atom. The van der Waals surface area contributed by atoms with E-state index in [2.05, 4.69) is 34.6 Å². The molecule has 1 aliphatic heterocycles. The normalized spacial score (nSPS) is 62.9. The minimum Gasteiger partial charge on any atom is -0.393 e. The summed E-state index contributed by atoms with van der Waals surface area (Å²) in [5.41, 5.74) is 1.43. The van der Waals surface area contributed by atoms with Crippen molar-refractivity contribution in [3.05, 3.63) is 0 Å². The van der Waals surface area contributed by atoms with Crippen LogP contribution in [0.25, 0.3) is 0 Å². The summed E-state index contributed by atoms with van der Waals surface area (Å²) in [5.74, 6) is 4.29. The van der Waals surface area contributed by atoms with E-state index < -0.39 is 0 Å². The summed E-state index contributed by atoms with van der Waals surface area (Å²) >= 11 is 0. The van der Waals surface area contributed by atoms with Crippen LogP contribution in [0, 0.1) is 57.2 Å². The number of hydrogen-bond acceptors (Lipinski definition) is 3. The summed E-state index contributed by atoms with van der Waals surface area (Å²) in [6.45, 7) is 12.3. The molecule has 12 atom stereocenters. The van der Waals surface area contributed by atoms with Crippen LogP contribution < -0.4 is 0 Å². The van der Waals surface area contributed by atoms with Gasteiger partial charge < -0.3 is 14.6 Å². The van der Waals surface area contributed by atoms with Crippen LogP contribution in [0.15, 0.2) is 0 Å². The molecule has 1 N–H and O–H groups in total. The Balaban J connectivity index is 1.37. The lowest BCUT2D eigenvalue weighted by atomic mass is 9.46. The lowest BCUT2D eigenvalue weighted by molar-refractivity contribution is -0.148. The van der Waals surface area contributed by atoms with E-state index in [1.54, 1.807) is 0 Å². The summed E-state index contributed by atoms with van der Waals surface area (Å²) < 4.78 is 6.39. The second-order valence-corrected chi connectivity index (χ2v) is 13.4. The third-order valence-electron chi connectivity index (χ3n) is 12.7. The van der Waals surface area contributed by atoms with Crippen molar-refractivity contribution in [3.8, 4) is 0 Å². The Morgan fingerprint density at radius 2 is 1.70 bits per heavy atom. The van der Waals surface area contributed by atoms with Gasteiger partial charge in [0.15, 0.2) is 0 Å². The van der Waals surface area contributed by atoms with E-state index in [9.17, 15) is 9.90 Å². The molecule has 0 radical (unpaired) electrons. The van der Waals surface area contributed by atoms with E-state index in [4.69, 9.17) is 4.74 Å². The van der Waals surface area contributed by atoms with Crippen LogP contribution in [-0.4, -0.2) is 29.7 Å². The lowest BCUT2D eigenvalue weighted by Gasteiger charge is -2.59. The van der Waals surface area contributed by atoms with Gasteiger partial charge in [-0.2, -0.15) is 0 Å². The van der Waals surface area contributed by atoms with Crippen LogP contribution in [0.4, 0.5) is 0 Å². The first kappa shape index (κ1) is 20.2. The zero-order valence-corrected chi connectivity index (χ0v) is 19.7. The van der Waals surface area contributed by atoms with Gasteiger partial charge in [-0.05, 0) is 109 Å². The fourth-order valence-electron chi connectivity index (χ4n) is 11.7. The van der Waals surface area contributed by atoms with Gasteiger partial charge in [0.2, 0.25) is 0 Å². The zero-order chi connectivity index (χ0) is 21.3. The Bertz CT molecular complexity index is 761.